The van der Waals surface area contributed by atoms with Crippen molar-refractivity contribution < 1.29 is 18.7 Å². The number of aromatic nitrogens is 2. The van der Waals surface area contributed by atoms with E-state index in [2.05, 4.69) is 10.3 Å². The Labute approximate surface area is 155 Å². The van der Waals surface area contributed by atoms with Crippen molar-refractivity contribution in [2.75, 3.05) is 0 Å². The van der Waals surface area contributed by atoms with Crippen LogP contribution in [0.5, 0.6) is 0 Å². The van der Waals surface area contributed by atoms with Crippen molar-refractivity contribution in [1.29, 1.82) is 0 Å². The first-order chi connectivity index (χ1) is 13.0. The van der Waals surface area contributed by atoms with Crippen LogP contribution in [0.2, 0.25) is 0 Å². The van der Waals surface area contributed by atoms with Gasteiger partial charge < -0.3 is 10.1 Å². The Hall–Kier alpha value is -3.48. The van der Waals surface area contributed by atoms with E-state index in [1.54, 1.807) is 0 Å². The van der Waals surface area contributed by atoms with E-state index in [1.165, 1.54) is 48.3 Å². The van der Waals surface area contributed by atoms with Gasteiger partial charge in [-0.1, -0.05) is 30.3 Å². The minimum atomic E-state index is -0.974. The Morgan fingerprint density at radius 2 is 1.85 bits per heavy atom. The summed E-state index contributed by atoms with van der Waals surface area (Å²) in [4.78, 5) is 28.5. The summed E-state index contributed by atoms with van der Waals surface area (Å²) in [6, 6.07) is 15.0. The largest absolute Gasteiger partial charge is 0.448 e. The first kappa shape index (κ1) is 18.3. The molecule has 27 heavy (non-hydrogen) atoms. The topological polar surface area (TPSA) is 73.2 Å². The van der Waals surface area contributed by atoms with Crippen LogP contribution in [-0.4, -0.2) is 27.5 Å². The van der Waals surface area contributed by atoms with Gasteiger partial charge in [0.2, 0.25) is 0 Å². The number of carbonyl (C=O) groups is 2. The number of ether oxygens (including phenoxy) is 1. The molecule has 0 aliphatic heterocycles. The molecule has 0 spiro atoms. The van der Waals surface area contributed by atoms with Gasteiger partial charge in [-0.3, -0.25) is 9.36 Å². The van der Waals surface area contributed by atoms with Crippen LogP contribution in [0.1, 0.15) is 23.0 Å². The lowest BCUT2D eigenvalue weighted by Gasteiger charge is -2.14. The van der Waals surface area contributed by atoms with Crippen molar-refractivity contribution >= 4 is 11.9 Å². The average Bonchev–Trinajstić information content (AvgIpc) is 3.17. The van der Waals surface area contributed by atoms with E-state index in [1.807, 2.05) is 30.3 Å². The van der Waals surface area contributed by atoms with Gasteiger partial charge in [-0.15, -0.1) is 0 Å². The highest BCUT2D eigenvalue weighted by Gasteiger charge is 2.21. The number of carbonyl (C=O) groups excluding carboxylic acids is 2. The van der Waals surface area contributed by atoms with Gasteiger partial charge in [0.15, 0.2) is 11.8 Å². The highest BCUT2D eigenvalue weighted by molar-refractivity contribution is 5.91. The summed E-state index contributed by atoms with van der Waals surface area (Å²) in [5.74, 6) is -1.48. The number of halogens is 1. The van der Waals surface area contributed by atoms with E-state index in [-0.39, 0.29) is 11.5 Å². The monoisotopic (exact) mass is 367 g/mol. The molecule has 0 unspecified atom stereocenters. The molecule has 0 bridgehead atoms. The van der Waals surface area contributed by atoms with E-state index in [4.69, 9.17) is 4.74 Å². The number of imidazole rings is 1. The lowest BCUT2D eigenvalue weighted by atomic mass is 10.2. The molecule has 1 amide bonds. The number of hydrogen-bond donors (Lipinski definition) is 1. The van der Waals surface area contributed by atoms with Crippen molar-refractivity contribution in [1.82, 2.24) is 14.9 Å². The standard InChI is InChI=1S/C20H18FN3O3/c1-14(19(25)23-11-15-5-3-2-4-6-15)27-20(26)18-12-22-13-24(18)17-9-7-16(21)8-10-17/h2-10,12-14H,11H2,1H3,(H,23,25)/t14-/m1/s1. The first-order valence-electron chi connectivity index (χ1n) is 8.35. The van der Waals surface area contributed by atoms with Gasteiger partial charge >= 0.3 is 5.97 Å². The molecule has 1 heterocycles. The van der Waals surface area contributed by atoms with Crippen LogP contribution in [0, 0.1) is 5.82 Å². The summed E-state index contributed by atoms with van der Waals surface area (Å²) in [5.41, 5.74) is 1.64. The molecule has 1 N–H and O–H groups in total. The highest BCUT2D eigenvalue weighted by Crippen LogP contribution is 2.14. The molecule has 3 aromatic rings. The van der Waals surface area contributed by atoms with Crippen LogP contribution >= 0.6 is 0 Å². The van der Waals surface area contributed by atoms with E-state index in [9.17, 15) is 14.0 Å². The van der Waals surface area contributed by atoms with E-state index in [0.29, 0.717) is 12.2 Å². The summed E-state index contributed by atoms with van der Waals surface area (Å²) in [7, 11) is 0. The molecular weight excluding hydrogens is 349 g/mol. The number of nitrogens with zero attached hydrogens (tertiary/aromatic N) is 2. The lowest BCUT2D eigenvalue weighted by Crippen LogP contribution is -2.35. The second kappa shape index (κ2) is 8.27. The van der Waals surface area contributed by atoms with Crippen molar-refractivity contribution in [2.24, 2.45) is 0 Å². The van der Waals surface area contributed by atoms with E-state index < -0.39 is 18.0 Å². The van der Waals surface area contributed by atoms with Gasteiger partial charge in [0.1, 0.15) is 5.82 Å². The molecule has 0 saturated carbocycles. The molecule has 7 heteroatoms. The second-order valence-corrected chi connectivity index (χ2v) is 5.88. The second-order valence-electron chi connectivity index (χ2n) is 5.88. The zero-order valence-corrected chi connectivity index (χ0v) is 14.6. The van der Waals surface area contributed by atoms with Crippen LogP contribution in [0.4, 0.5) is 4.39 Å². The molecule has 3 rings (SSSR count). The zero-order chi connectivity index (χ0) is 19.2. The van der Waals surface area contributed by atoms with Crippen LogP contribution < -0.4 is 5.32 Å². The number of rotatable bonds is 6. The molecule has 0 radical (unpaired) electrons. The fourth-order valence-corrected chi connectivity index (χ4v) is 2.46. The molecule has 0 aliphatic carbocycles. The molecule has 0 saturated heterocycles. The number of benzene rings is 2. The minimum absolute atomic E-state index is 0.143. The summed E-state index contributed by atoms with van der Waals surface area (Å²) in [5, 5.41) is 2.72. The zero-order valence-electron chi connectivity index (χ0n) is 14.6. The van der Waals surface area contributed by atoms with Crippen molar-refractivity contribution in [3.8, 4) is 5.69 Å². The maximum Gasteiger partial charge on any atom is 0.357 e. The third kappa shape index (κ3) is 4.58. The van der Waals surface area contributed by atoms with Crippen LogP contribution in [0.15, 0.2) is 67.1 Å². The third-order valence-corrected chi connectivity index (χ3v) is 3.92. The molecule has 1 atom stereocenters. The van der Waals surface area contributed by atoms with E-state index >= 15 is 0 Å². The average molecular weight is 367 g/mol. The first-order valence-corrected chi connectivity index (χ1v) is 8.35. The molecule has 1 aromatic heterocycles. The predicted molar refractivity (Wildman–Crippen MR) is 96.7 cm³/mol. The number of hydrogen-bond acceptors (Lipinski definition) is 4. The third-order valence-electron chi connectivity index (χ3n) is 3.92. The molecule has 0 fully saturated rings. The van der Waals surface area contributed by atoms with Gasteiger partial charge in [-0.2, -0.15) is 0 Å². The fraction of sp³-hybridized carbons (Fsp3) is 0.150. The summed E-state index contributed by atoms with van der Waals surface area (Å²) >= 11 is 0. The summed E-state index contributed by atoms with van der Waals surface area (Å²) < 4.78 is 19.8. The van der Waals surface area contributed by atoms with Crippen LogP contribution in [0.25, 0.3) is 5.69 Å². The summed E-state index contributed by atoms with van der Waals surface area (Å²) in [6.07, 6.45) is 1.78. The quantitative estimate of drug-likeness (QED) is 0.680. The van der Waals surface area contributed by atoms with Gasteiger partial charge in [0.05, 0.1) is 12.5 Å². The predicted octanol–water partition coefficient (Wildman–Crippen LogP) is 2.87. The smallest absolute Gasteiger partial charge is 0.357 e. The minimum Gasteiger partial charge on any atom is -0.448 e. The molecular formula is C20H18FN3O3. The Bertz CT molecular complexity index is 923. The van der Waals surface area contributed by atoms with Crippen molar-refractivity contribution in [3.63, 3.8) is 0 Å². The molecule has 6 nitrogen and oxygen atoms in total. The normalized spacial score (nSPS) is 11.6. The maximum absolute atomic E-state index is 13.1. The Morgan fingerprint density at radius 3 is 2.56 bits per heavy atom. The lowest BCUT2D eigenvalue weighted by molar-refractivity contribution is -0.129. The number of amides is 1. The highest BCUT2D eigenvalue weighted by atomic mass is 19.1. The van der Waals surface area contributed by atoms with Crippen LogP contribution in [-0.2, 0) is 16.1 Å². The van der Waals surface area contributed by atoms with Gasteiger partial charge in [-0.05, 0) is 36.8 Å². The van der Waals surface area contributed by atoms with Gasteiger partial charge in [0.25, 0.3) is 5.91 Å². The summed E-state index contributed by atoms with van der Waals surface area (Å²) in [6.45, 7) is 1.84. The fourth-order valence-electron chi connectivity index (χ4n) is 2.46. The molecule has 0 aliphatic rings. The SMILES string of the molecule is C[C@@H](OC(=O)c1cncn1-c1ccc(F)cc1)C(=O)NCc1ccccc1. The molecule has 138 valence electrons. The van der Waals surface area contributed by atoms with Gasteiger partial charge in [0, 0.05) is 12.2 Å². The number of nitrogens with one attached hydrogen (secondary N) is 1. The Kier molecular flexibility index (Phi) is 5.61. The van der Waals surface area contributed by atoms with Crippen LogP contribution in [0.3, 0.4) is 0 Å². The Balaban J connectivity index is 1.62. The maximum atomic E-state index is 13.1. The van der Waals surface area contributed by atoms with E-state index in [0.717, 1.165) is 5.56 Å². The van der Waals surface area contributed by atoms with Crippen molar-refractivity contribution in [2.45, 2.75) is 19.6 Å². The number of esters is 1. The van der Waals surface area contributed by atoms with Gasteiger partial charge in [-0.25, -0.2) is 14.2 Å². The Morgan fingerprint density at radius 1 is 1.15 bits per heavy atom. The molecule has 2 aromatic carbocycles. The van der Waals surface area contributed by atoms with Crippen molar-refractivity contribution in [3.05, 3.63) is 84.2 Å².